The zero-order chi connectivity index (χ0) is 55.3. The lowest BCUT2D eigenvalue weighted by Gasteiger charge is -2.28. The van der Waals surface area contributed by atoms with Crippen molar-refractivity contribution in [3.63, 3.8) is 0 Å². The molecule has 402 valence electrons. The van der Waals surface area contributed by atoms with Gasteiger partial charge in [-0.2, -0.15) is 20.4 Å². The van der Waals surface area contributed by atoms with Crippen LogP contribution in [0, 0.1) is 25.5 Å². The number of rotatable bonds is 18. The highest BCUT2D eigenvalue weighted by molar-refractivity contribution is 7.21. The molecule has 6 heterocycles. The summed E-state index contributed by atoms with van der Waals surface area (Å²) in [5, 5.41) is 41.5. The fourth-order valence-electron chi connectivity index (χ4n) is 9.09. The molecule has 0 aliphatic rings. The predicted molar refractivity (Wildman–Crippen MR) is 279 cm³/mol. The number of aliphatic hydroxyl groups excluding tert-OH is 2. The van der Waals surface area contributed by atoms with E-state index in [2.05, 4.69) is 20.4 Å². The third-order valence-corrected chi connectivity index (χ3v) is 16.3. The van der Waals surface area contributed by atoms with Crippen LogP contribution >= 0.6 is 22.7 Å². The summed E-state index contributed by atoms with van der Waals surface area (Å²) in [5.74, 6) is -2.13. The van der Waals surface area contributed by atoms with Gasteiger partial charge in [-0.15, -0.1) is 9.59 Å². The second-order valence-electron chi connectivity index (χ2n) is 18.7. The fraction of sp³-hybridized carbons (Fsp3) is 0.400. The number of aryl methyl sites for hydroxylation is 2. The third-order valence-electron chi connectivity index (χ3n) is 13.7. The average molecular weight is 1090 g/mol. The fourth-order valence-corrected chi connectivity index (χ4v) is 11.5. The number of hydrogen-bond donors (Lipinski definition) is 2. The van der Waals surface area contributed by atoms with Gasteiger partial charge in [-0.05, 0) is 84.9 Å². The van der Waals surface area contributed by atoms with Gasteiger partial charge in [-0.1, -0.05) is 22.7 Å². The van der Waals surface area contributed by atoms with Crippen LogP contribution in [0.4, 0.5) is 8.78 Å². The zero-order valence-corrected chi connectivity index (χ0v) is 45.0. The van der Waals surface area contributed by atoms with Crippen molar-refractivity contribution in [3.05, 3.63) is 136 Å². The molecule has 22 nitrogen and oxygen atoms in total. The summed E-state index contributed by atoms with van der Waals surface area (Å²) >= 11 is 2.01. The van der Waals surface area contributed by atoms with Crippen molar-refractivity contribution in [1.29, 1.82) is 0 Å². The topological polar surface area (TPSA) is 249 Å². The molecular weight excluding hydrogens is 1030 g/mol. The molecule has 0 radical (unpaired) electrons. The Bertz CT molecular complexity index is 3780. The Hall–Kier alpha value is -7.68. The van der Waals surface area contributed by atoms with Crippen LogP contribution in [-0.2, 0) is 29.1 Å². The molecule has 76 heavy (non-hydrogen) atoms. The van der Waals surface area contributed by atoms with E-state index in [0.717, 1.165) is 60.6 Å². The highest BCUT2D eigenvalue weighted by Crippen LogP contribution is 2.35. The van der Waals surface area contributed by atoms with Gasteiger partial charge in [0.1, 0.15) is 67.1 Å². The Morgan fingerprint density at radius 3 is 1.54 bits per heavy atom. The lowest BCUT2D eigenvalue weighted by Crippen LogP contribution is -2.48. The molecule has 2 amide bonds. The van der Waals surface area contributed by atoms with Crippen LogP contribution in [0.3, 0.4) is 0 Å². The lowest BCUT2D eigenvalue weighted by atomic mass is 10.1. The summed E-state index contributed by atoms with van der Waals surface area (Å²) < 4.78 is 43.8. The molecule has 6 aromatic heterocycles. The number of ether oxygens (including phenoxy) is 2. The van der Waals surface area contributed by atoms with Crippen molar-refractivity contribution < 1.29 is 38.1 Å². The van der Waals surface area contributed by atoms with Crippen molar-refractivity contribution >= 4 is 54.9 Å². The molecule has 8 aromatic rings. The summed E-state index contributed by atoms with van der Waals surface area (Å²) in [7, 11) is 5.76. The summed E-state index contributed by atoms with van der Waals surface area (Å²) in [6.07, 6.45) is 1.42. The van der Waals surface area contributed by atoms with Crippen molar-refractivity contribution in [2.75, 3.05) is 28.3 Å². The van der Waals surface area contributed by atoms with Crippen LogP contribution in [0.25, 0.3) is 30.4 Å². The number of nitrogens with zero attached hydrogens (tertiary/aromatic N) is 12. The Morgan fingerprint density at radius 1 is 0.671 bits per heavy atom. The highest BCUT2D eigenvalue weighted by atomic mass is 32.1. The maximum atomic E-state index is 14.6. The molecular formula is C50H56F2N12O10S2. The van der Waals surface area contributed by atoms with Gasteiger partial charge in [0.15, 0.2) is 0 Å². The average Bonchev–Trinajstić information content (AvgIpc) is 4.25. The summed E-state index contributed by atoms with van der Waals surface area (Å²) in [6, 6.07) is 3.62. The maximum Gasteiger partial charge on any atom is 0.332 e. The van der Waals surface area contributed by atoms with Gasteiger partial charge in [-0.25, -0.2) is 27.5 Å². The first-order valence-corrected chi connectivity index (χ1v) is 25.6. The van der Waals surface area contributed by atoms with Crippen LogP contribution in [-0.4, -0.2) is 120 Å². The Labute approximate surface area is 439 Å². The van der Waals surface area contributed by atoms with Crippen LogP contribution in [0.5, 0.6) is 11.5 Å². The molecule has 26 heteroatoms. The van der Waals surface area contributed by atoms with E-state index in [4.69, 9.17) is 9.47 Å². The standard InChI is InChI=1S/C50H56F2N12O10S2/c1-24(2)57(8)41(67)28(6)61-44(70)40-27(5)46(76-48(40)60(49(61)71)23-36(66)34-20-31(52)13-15-38(34)74-11)64-55-21-32(56-64)18-25(3)58(9)42(68)29(7)62-43(69)39-26(4)45(63-53-16-17-54-63)75-47(39)59(50(62)72)22-35(65)33-19-30(51)12-14-37(33)73-10/h12-17,19-21,24-25,28-29,35-36,65-66H,18,22-23H2,1-11H3/t25?,28-,29+,35-,36-/m0/s1. The molecule has 0 aliphatic carbocycles. The maximum absolute atomic E-state index is 14.6. The van der Waals surface area contributed by atoms with Gasteiger partial charge in [-0.3, -0.25) is 28.3 Å². The first-order chi connectivity index (χ1) is 36.0. The van der Waals surface area contributed by atoms with E-state index in [9.17, 15) is 47.8 Å². The lowest BCUT2D eigenvalue weighted by molar-refractivity contribution is -0.135. The molecule has 8 rings (SSSR count). The molecule has 0 aliphatic heterocycles. The first-order valence-electron chi connectivity index (χ1n) is 23.9. The molecule has 0 saturated heterocycles. The van der Waals surface area contributed by atoms with Crippen molar-refractivity contribution in [2.24, 2.45) is 0 Å². The molecule has 0 spiro atoms. The van der Waals surface area contributed by atoms with Crippen LogP contribution in [0.15, 0.2) is 74.2 Å². The van der Waals surface area contributed by atoms with Gasteiger partial charge in [0.05, 0.1) is 62.4 Å². The molecule has 2 N–H and O–H groups in total. The number of aromatic nitrogens is 10. The van der Waals surface area contributed by atoms with E-state index < -0.39 is 89.4 Å². The molecule has 5 atom stereocenters. The predicted octanol–water partition coefficient (Wildman–Crippen LogP) is 4.38. The number of likely N-dealkylation sites (N-methyl/N-ethyl adjacent to an activating group) is 2. The number of carbonyl (C=O) groups excluding carboxylic acids is 2. The third kappa shape index (κ3) is 9.75. The van der Waals surface area contributed by atoms with Crippen molar-refractivity contribution in [2.45, 2.75) is 104 Å². The highest BCUT2D eigenvalue weighted by Gasteiger charge is 2.33. The number of halogens is 2. The van der Waals surface area contributed by atoms with E-state index in [-0.39, 0.29) is 55.5 Å². The van der Waals surface area contributed by atoms with Crippen molar-refractivity contribution in [3.8, 4) is 21.5 Å². The van der Waals surface area contributed by atoms with Gasteiger partial charge >= 0.3 is 11.4 Å². The smallest absolute Gasteiger partial charge is 0.332 e. The minimum atomic E-state index is -1.52. The van der Waals surface area contributed by atoms with E-state index >= 15 is 0 Å². The zero-order valence-electron chi connectivity index (χ0n) is 43.4. The van der Waals surface area contributed by atoms with Gasteiger partial charge in [0, 0.05) is 54.9 Å². The van der Waals surface area contributed by atoms with Crippen LogP contribution < -0.4 is 32.0 Å². The first kappa shape index (κ1) is 54.6. The van der Waals surface area contributed by atoms with Gasteiger partial charge in [0.2, 0.25) is 11.8 Å². The normalized spacial score (nSPS) is 13.8. The number of carbonyl (C=O) groups is 2. The van der Waals surface area contributed by atoms with E-state index in [1.54, 1.807) is 41.7 Å². The summed E-state index contributed by atoms with van der Waals surface area (Å²) in [6.45, 7) is 10.5. The van der Waals surface area contributed by atoms with Crippen LogP contribution in [0.1, 0.15) is 86.9 Å². The van der Waals surface area contributed by atoms with Crippen molar-refractivity contribution in [1.82, 2.24) is 58.1 Å². The van der Waals surface area contributed by atoms with E-state index in [1.807, 2.05) is 0 Å². The van der Waals surface area contributed by atoms with E-state index in [1.165, 1.54) is 89.8 Å². The van der Waals surface area contributed by atoms with Gasteiger partial charge in [0.25, 0.3) is 11.1 Å². The number of amides is 2. The second kappa shape index (κ2) is 21.5. The second-order valence-corrected chi connectivity index (χ2v) is 20.7. The minimum absolute atomic E-state index is 0.0437. The van der Waals surface area contributed by atoms with Crippen LogP contribution in [0.2, 0.25) is 0 Å². The summed E-state index contributed by atoms with van der Waals surface area (Å²) in [5.41, 5.74) is -2.11. The number of hydrogen-bond acceptors (Lipinski definition) is 16. The van der Waals surface area contributed by atoms with Gasteiger partial charge < -0.3 is 29.5 Å². The molecule has 0 fully saturated rings. The Morgan fingerprint density at radius 2 is 1.11 bits per heavy atom. The largest absolute Gasteiger partial charge is 0.496 e. The van der Waals surface area contributed by atoms with E-state index in [0.29, 0.717) is 26.8 Å². The summed E-state index contributed by atoms with van der Waals surface area (Å²) in [4.78, 5) is 91.8. The molecule has 2 aromatic carbocycles. The molecule has 0 bridgehead atoms. The minimum Gasteiger partial charge on any atom is -0.496 e. The Kier molecular flexibility index (Phi) is 15.4. The quantitative estimate of drug-likeness (QED) is 0.121. The number of aliphatic hydroxyl groups is 2. The SMILES string of the molecule is COc1ccc(F)cc1[C@@H](O)Cn1c(=O)n([C@H](C)C(=O)N(C)C(C)Cc2cnn(-c3sc4c(c3C)c(=O)n([C@@H](C)C(=O)N(C)C(C)C)c(=O)n4C[C@H](O)c3cc(F)ccc3OC)n2)c(=O)c2c(C)c(-n3nccn3)sc21. The Balaban J connectivity index is 1.12. The molecule has 1 unspecified atom stereocenters. The number of thiophene rings is 2. The molecule has 0 saturated carbocycles. The number of benzene rings is 2. The number of fused-ring (bicyclic) bond motifs is 2. The monoisotopic (exact) mass is 1090 g/mol. The number of methoxy groups -OCH3 is 2.